The summed E-state index contributed by atoms with van der Waals surface area (Å²) < 4.78 is 0. The van der Waals surface area contributed by atoms with E-state index in [-0.39, 0.29) is 28.1 Å². The molecule has 5 rings (SSSR count). The number of allylic oxidation sites excluding steroid dienone is 8. The summed E-state index contributed by atoms with van der Waals surface area (Å²) in [5.41, 5.74) is 7.81. The zero-order valence-corrected chi connectivity index (χ0v) is 23.3. The van der Waals surface area contributed by atoms with Crippen LogP contribution in [0.5, 0.6) is 11.5 Å². The van der Waals surface area contributed by atoms with Crippen LogP contribution in [0, 0.1) is 0 Å². The van der Waals surface area contributed by atoms with Gasteiger partial charge in [0.1, 0.15) is 11.5 Å². The second-order valence-electron chi connectivity index (χ2n) is 11.5. The third kappa shape index (κ3) is 3.96. The number of hydrogen-bond donors (Lipinski definition) is 2. The third-order valence-corrected chi connectivity index (χ3v) is 8.52. The SMILES string of the molecule is CCN1/C(=C\C=C2\CC/C(=C\C=C3\N(CC)c4ccc(O)cc4C3(C)C)C2=O)C(C)(C)c2cc(O)ccc21. The fraction of sp³-hybridized carbons (Fsp3) is 0.364. The van der Waals surface area contributed by atoms with E-state index in [1.807, 2.05) is 36.4 Å². The standard InChI is InChI=1S/C33H38N2O3/c1-7-34-27-15-13-23(36)19-25(27)32(3,4)29(34)17-11-21-9-10-22(31(21)38)12-18-30-33(5,6)26-20-24(37)14-16-28(26)35(30)8-2/h11-20,36-37H,7-10H2,1-6H3/b21-11-,22-12+,29-17-,30-18+. The molecule has 0 amide bonds. The first-order chi connectivity index (χ1) is 18.0. The second kappa shape index (κ2) is 9.23. The van der Waals surface area contributed by atoms with Crippen molar-refractivity contribution < 1.29 is 15.0 Å². The molecule has 3 aliphatic rings. The molecule has 0 atom stereocenters. The topological polar surface area (TPSA) is 64.0 Å². The summed E-state index contributed by atoms with van der Waals surface area (Å²) in [7, 11) is 0. The Hall–Kier alpha value is -3.73. The quantitative estimate of drug-likeness (QED) is 0.433. The minimum absolute atomic E-state index is 0.113. The molecule has 2 N–H and O–H groups in total. The highest BCUT2D eigenvalue weighted by molar-refractivity contribution is 6.11. The number of fused-ring (bicyclic) bond motifs is 2. The molecular weight excluding hydrogens is 472 g/mol. The normalized spacial score (nSPS) is 23.8. The average Bonchev–Trinajstić information content (AvgIpc) is 3.41. The summed E-state index contributed by atoms with van der Waals surface area (Å²) in [6, 6.07) is 11.1. The Morgan fingerprint density at radius 3 is 1.47 bits per heavy atom. The van der Waals surface area contributed by atoms with E-state index in [2.05, 4.69) is 63.5 Å². The van der Waals surface area contributed by atoms with Crippen molar-refractivity contribution in [1.82, 2.24) is 0 Å². The highest BCUT2D eigenvalue weighted by atomic mass is 16.3. The van der Waals surface area contributed by atoms with Gasteiger partial charge in [-0.05, 0) is 86.4 Å². The number of benzene rings is 2. The predicted molar refractivity (Wildman–Crippen MR) is 155 cm³/mol. The van der Waals surface area contributed by atoms with Gasteiger partial charge in [0, 0.05) is 57.8 Å². The Morgan fingerprint density at radius 2 is 1.11 bits per heavy atom. The molecule has 0 saturated heterocycles. The van der Waals surface area contributed by atoms with E-state index in [4.69, 9.17) is 0 Å². The molecule has 2 aromatic carbocycles. The van der Waals surface area contributed by atoms with Gasteiger partial charge >= 0.3 is 0 Å². The van der Waals surface area contributed by atoms with Gasteiger partial charge < -0.3 is 20.0 Å². The van der Waals surface area contributed by atoms with Gasteiger partial charge in [-0.3, -0.25) is 4.79 Å². The lowest BCUT2D eigenvalue weighted by Crippen LogP contribution is -2.25. The predicted octanol–water partition coefficient (Wildman–Crippen LogP) is 7.02. The molecule has 38 heavy (non-hydrogen) atoms. The number of aromatic hydroxyl groups is 2. The Bertz CT molecular complexity index is 1330. The summed E-state index contributed by atoms with van der Waals surface area (Å²) in [5, 5.41) is 20.2. The lowest BCUT2D eigenvalue weighted by Gasteiger charge is -2.26. The number of phenolic OH excluding ortho intramolecular Hbond substituents is 2. The van der Waals surface area contributed by atoms with Crippen molar-refractivity contribution in [3.63, 3.8) is 0 Å². The molecular formula is C33H38N2O3. The first kappa shape index (κ1) is 25.9. The van der Waals surface area contributed by atoms with E-state index in [9.17, 15) is 15.0 Å². The van der Waals surface area contributed by atoms with Crippen LogP contribution < -0.4 is 9.80 Å². The Labute approximate surface area is 226 Å². The van der Waals surface area contributed by atoms with Crippen molar-refractivity contribution in [3.05, 3.63) is 94.4 Å². The van der Waals surface area contributed by atoms with Gasteiger partial charge in [0.2, 0.25) is 0 Å². The molecule has 0 unspecified atom stereocenters. The van der Waals surface area contributed by atoms with Crippen LogP contribution >= 0.6 is 0 Å². The van der Waals surface area contributed by atoms with E-state index in [0.29, 0.717) is 0 Å². The van der Waals surface area contributed by atoms with Crippen molar-refractivity contribution in [2.75, 3.05) is 22.9 Å². The number of anilines is 2. The van der Waals surface area contributed by atoms with Gasteiger partial charge in [0.05, 0.1) is 0 Å². The van der Waals surface area contributed by atoms with Crippen molar-refractivity contribution in [1.29, 1.82) is 0 Å². The van der Waals surface area contributed by atoms with E-state index >= 15 is 0 Å². The molecule has 0 bridgehead atoms. The lowest BCUT2D eigenvalue weighted by atomic mass is 9.83. The van der Waals surface area contributed by atoms with Crippen molar-refractivity contribution in [2.45, 2.75) is 65.2 Å². The van der Waals surface area contributed by atoms with Crippen LogP contribution in [0.3, 0.4) is 0 Å². The number of hydrogen-bond acceptors (Lipinski definition) is 5. The lowest BCUT2D eigenvalue weighted by molar-refractivity contribution is -0.111. The number of Topliss-reactive ketones (excluding diaryl/α,β-unsaturated/α-hetero) is 1. The molecule has 0 aromatic heterocycles. The van der Waals surface area contributed by atoms with Crippen LogP contribution in [0.25, 0.3) is 0 Å². The number of carbonyl (C=O) groups excluding carboxylic acids is 1. The minimum Gasteiger partial charge on any atom is -0.508 e. The highest BCUT2D eigenvalue weighted by Crippen LogP contribution is 2.50. The second-order valence-corrected chi connectivity index (χ2v) is 11.5. The fourth-order valence-electron chi connectivity index (χ4n) is 6.39. The zero-order valence-electron chi connectivity index (χ0n) is 23.3. The number of rotatable bonds is 4. The first-order valence-electron chi connectivity index (χ1n) is 13.6. The van der Waals surface area contributed by atoms with E-state index in [1.54, 1.807) is 12.1 Å². The van der Waals surface area contributed by atoms with Crippen molar-refractivity contribution in [3.8, 4) is 11.5 Å². The minimum atomic E-state index is -0.271. The van der Waals surface area contributed by atoms with Crippen LogP contribution in [-0.4, -0.2) is 29.1 Å². The summed E-state index contributed by atoms with van der Waals surface area (Å²) in [4.78, 5) is 17.9. The van der Waals surface area contributed by atoms with Gasteiger partial charge in [0.25, 0.3) is 0 Å². The number of likely N-dealkylation sites (N-methyl/N-ethyl adjacent to an activating group) is 2. The first-order valence-corrected chi connectivity index (χ1v) is 13.6. The van der Waals surface area contributed by atoms with Crippen molar-refractivity contribution >= 4 is 17.2 Å². The molecule has 2 heterocycles. The maximum absolute atomic E-state index is 13.4. The summed E-state index contributed by atoms with van der Waals surface area (Å²) in [5.74, 6) is 0.658. The maximum Gasteiger partial charge on any atom is 0.185 e. The molecule has 1 aliphatic carbocycles. The van der Waals surface area contributed by atoms with Crippen LogP contribution in [0.2, 0.25) is 0 Å². The Balaban J connectivity index is 1.44. The molecule has 5 nitrogen and oxygen atoms in total. The summed E-state index contributed by atoms with van der Waals surface area (Å²) in [6.07, 6.45) is 9.64. The molecule has 0 spiro atoms. The summed E-state index contributed by atoms with van der Waals surface area (Å²) in [6.45, 7) is 14.5. The monoisotopic (exact) mass is 510 g/mol. The van der Waals surface area contributed by atoms with Crippen molar-refractivity contribution in [2.24, 2.45) is 0 Å². The fourth-order valence-corrected chi connectivity index (χ4v) is 6.39. The van der Waals surface area contributed by atoms with Gasteiger partial charge in [-0.1, -0.05) is 39.8 Å². The molecule has 0 radical (unpaired) electrons. The van der Waals surface area contributed by atoms with Gasteiger partial charge in [-0.2, -0.15) is 0 Å². The van der Waals surface area contributed by atoms with Crippen LogP contribution in [0.4, 0.5) is 11.4 Å². The van der Waals surface area contributed by atoms with E-state index in [1.165, 1.54) is 0 Å². The highest BCUT2D eigenvalue weighted by Gasteiger charge is 2.40. The summed E-state index contributed by atoms with van der Waals surface area (Å²) >= 11 is 0. The third-order valence-electron chi connectivity index (χ3n) is 8.52. The maximum atomic E-state index is 13.4. The molecule has 1 fully saturated rings. The van der Waals surface area contributed by atoms with E-state index < -0.39 is 0 Å². The zero-order chi connectivity index (χ0) is 27.4. The molecule has 2 aromatic rings. The molecule has 1 saturated carbocycles. The molecule has 5 heteroatoms. The Kier molecular flexibility index (Phi) is 6.29. The largest absolute Gasteiger partial charge is 0.508 e. The van der Waals surface area contributed by atoms with Gasteiger partial charge in [-0.15, -0.1) is 0 Å². The van der Waals surface area contributed by atoms with E-state index in [0.717, 1.165) is 71.0 Å². The molecule has 2 aliphatic heterocycles. The number of phenols is 2. The number of carbonyl (C=O) groups is 1. The number of nitrogens with zero attached hydrogens (tertiary/aromatic N) is 2. The molecule has 198 valence electrons. The van der Waals surface area contributed by atoms with Gasteiger partial charge in [0.15, 0.2) is 5.78 Å². The van der Waals surface area contributed by atoms with Crippen LogP contribution in [0.1, 0.15) is 65.5 Å². The van der Waals surface area contributed by atoms with Gasteiger partial charge in [-0.25, -0.2) is 0 Å². The number of ketones is 1. The van der Waals surface area contributed by atoms with Crippen LogP contribution in [0.15, 0.2) is 83.2 Å². The smallest absolute Gasteiger partial charge is 0.185 e. The Morgan fingerprint density at radius 1 is 0.711 bits per heavy atom. The average molecular weight is 511 g/mol. The van der Waals surface area contributed by atoms with Crippen LogP contribution in [-0.2, 0) is 15.6 Å².